The van der Waals surface area contributed by atoms with E-state index in [1.807, 2.05) is 4.90 Å². The average molecular weight is 486 g/mol. The van der Waals surface area contributed by atoms with Crippen LogP contribution >= 0.6 is 0 Å². The molecule has 0 saturated carbocycles. The van der Waals surface area contributed by atoms with Crippen LogP contribution in [0.15, 0.2) is 47.4 Å². The maximum absolute atomic E-state index is 12.9. The smallest absolute Gasteiger partial charge is 0.261 e. The van der Waals surface area contributed by atoms with E-state index >= 15 is 0 Å². The van der Waals surface area contributed by atoms with Gasteiger partial charge in [-0.3, -0.25) is 14.3 Å². The Balaban J connectivity index is 1.39. The molecular formula is C25H31N3O5S. The monoisotopic (exact) mass is 485 g/mol. The molecular weight excluding hydrogens is 454 g/mol. The Morgan fingerprint density at radius 2 is 1.59 bits per heavy atom. The summed E-state index contributed by atoms with van der Waals surface area (Å²) in [7, 11) is -2.23. The van der Waals surface area contributed by atoms with Gasteiger partial charge in [0, 0.05) is 43.9 Å². The van der Waals surface area contributed by atoms with Crippen LogP contribution in [-0.4, -0.2) is 51.9 Å². The number of hydrogen-bond donors (Lipinski definition) is 1. The lowest BCUT2D eigenvalue weighted by Gasteiger charge is -2.21. The Morgan fingerprint density at radius 1 is 0.912 bits per heavy atom. The normalized spacial score (nSPS) is 16.0. The predicted molar refractivity (Wildman–Crippen MR) is 131 cm³/mol. The number of carbonyl (C=O) groups excluding carboxylic acids is 2. The van der Waals surface area contributed by atoms with Crippen molar-refractivity contribution in [1.82, 2.24) is 4.90 Å². The van der Waals surface area contributed by atoms with Gasteiger partial charge < -0.3 is 14.5 Å². The van der Waals surface area contributed by atoms with Crippen LogP contribution in [0.3, 0.4) is 0 Å². The minimum Gasteiger partial charge on any atom is -0.497 e. The van der Waals surface area contributed by atoms with Crippen molar-refractivity contribution in [3.63, 3.8) is 0 Å². The van der Waals surface area contributed by atoms with Crippen LogP contribution in [0.1, 0.15) is 44.1 Å². The van der Waals surface area contributed by atoms with E-state index in [-0.39, 0.29) is 29.6 Å². The summed E-state index contributed by atoms with van der Waals surface area (Å²) in [6, 6.07) is 11.5. The molecule has 4 rings (SSSR count). The van der Waals surface area contributed by atoms with Gasteiger partial charge in [-0.2, -0.15) is 0 Å². The molecule has 0 bridgehead atoms. The van der Waals surface area contributed by atoms with E-state index in [4.69, 9.17) is 4.74 Å². The van der Waals surface area contributed by atoms with Crippen LogP contribution in [0.4, 0.5) is 11.4 Å². The number of ether oxygens (including phenoxy) is 1. The number of carbonyl (C=O) groups is 2. The fraction of sp³-hybridized carbons (Fsp3) is 0.440. The first-order chi connectivity index (χ1) is 16.4. The largest absolute Gasteiger partial charge is 0.497 e. The lowest BCUT2D eigenvalue weighted by molar-refractivity contribution is -0.133. The zero-order valence-electron chi connectivity index (χ0n) is 19.5. The Bertz CT molecular complexity index is 1140. The van der Waals surface area contributed by atoms with Crippen molar-refractivity contribution in [2.75, 3.05) is 36.4 Å². The van der Waals surface area contributed by atoms with Crippen molar-refractivity contribution in [2.45, 2.75) is 49.8 Å². The van der Waals surface area contributed by atoms with Gasteiger partial charge in [0.15, 0.2) is 0 Å². The topological polar surface area (TPSA) is 96.0 Å². The van der Waals surface area contributed by atoms with Crippen LogP contribution in [0.25, 0.3) is 0 Å². The van der Waals surface area contributed by atoms with Gasteiger partial charge in [-0.05, 0) is 67.3 Å². The van der Waals surface area contributed by atoms with E-state index in [0.29, 0.717) is 24.4 Å². The lowest BCUT2D eigenvalue weighted by atomic mass is 10.2. The maximum atomic E-state index is 12.9. The average Bonchev–Trinajstić information content (AvgIpc) is 3.07. The highest BCUT2D eigenvalue weighted by Crippen LogP contribution is 2.31. The number of fused-ring (bicyclic) bond motifs is 1. The molecule has 8 nitrogen and oxygen atoms in total. The van der Waals surface area contributed by atoms with E-state index in [0.717, 1.165) is 50.0 Å². The molecule has 1 N–H and O–H groups in total. The third-order valence-corrected chi connectivity index (χ3v) is 7.79. The summed E-state index contributed by atoms with van der Waals surface area (Å²) < 4.78 is 33.4. The fourth-order valence-corrected chi connectivity index (χ4v) is 5.61. The van der Waals surface area contributed by atoms with Gasteiger partial charge in [0.2, 0.25) is 11.8 Å². The predicted octanol–water partition coefficient (Wildman–Crippen LogP) is 3.57. The van der Waals surface area contributed by atoms with Crippen molar-refractivity contribution in [2.24, 2.45) is 0 Å². The van der Waals surface area contributed by atoms with Gasteiger partial charge in [-0.1, -0.05) is 12.8 Å². The van der Waals surface area contributed by atoms with Crippen LogP contribution in [0, 0.1) is 0 Å². The second-order valence-electron chi connectivity index (χ2n) is 8.71. The second-order valence-corrected chi connectivity index (χ2v) is 10.4. The van der Waals surface area contributed by atoms with E-state index < -0.39 is 10.0 Å². The quantitative estimate of drug-likeness (QED) is 0.647. The van der Waals surface area contributed by atoms with Crippen LogP contribution in [0.2, 0.25) is 0 Å². The third-order valence-electron chi connectivity index (χ3n) is 6.41. The Hall–Kier alpha value is -3.07. The number of nitrogens with one attached hydrogen (secondary N) is 1. The number of sulfonamides is 1. The third kappa shape index (κ3) is 5.52. The van der Waals surface area contributed by atoms with Crippen molar-refractivity contribution < 1.29 is 22.7 Å². The molecule has 0 aromatic heterocycles. The van der Waals surface area contributed by atoms with Crippen molar-refractivity contribution in [3.05, 3.63) is 48.0 Å². The molecule has 2 amide bonds. The van der Waals surface area contributed by atoms with E-state index in [1.165, 1.54) is 6.07 Å². The first-order valence-electron chi connectivity index (χ1n) is 11.8. The van der Waals surface area contributed by atoms with E-state index in [9.17, 15) is 18.0 Å². The summed E-state index contributed by atoms with van der Waals surface area (Å²) in [6.45, 7) is 2.05. The fourth-order valence-electron chi connectivity index (χ4n) is 4.50. The maximum Gasteiger partial charge on any atom is 0.261 e. The highest BCUT2D eigenvalue weighted by molar-refractivity contribution is 7.92. The number of amides is 2. The molecule has 1 fully saturated rings. The zero-order valence-corrected chi connectivity index (χ0v) is 20.3. The SMILES string of the molecule is COc1ccc(NS(=O)(=O)c2ccc3c(c2)CCN3C(=O)CCC(=O)N2CCCCCC2)cc1. The van der Waals surface area contributed by atoms with Gasteiger partial charge in [0.05, 0.1) is 12.0 Å². The van der Waals surface area contributed by atoms with Crippen LogP contribution in [-0.2, 0) is 26.0 Å². The Labute approximate surface area is 200 Å². The molecule has 34 heavy (non-hydrogen) atoms. The number of anilines is 2. The molecule has 0 radical (unpaired) electrons. The first kappa shape index (κ1) is 24.1. The highest BCUT2D eigenvalue weighted by Gasteiger charge is 2.27. The highest BCUT2D eigenvalue weighted by atomic mass is 32.2. The molecule has 2 heterocycles. The number of rotatable bonds is 7. The number of methoxy groups -OCH3 is 1. The van der Waals surface area contributed by atoms with Crippen LogP contribution in [0.5, 0.6) is 5.75 Å². The van der Waals surface area contributed by atoms with Gasteiger partial charge in [0.25, 0.3) is 10.0 Å². The van der Waals surface area contributed by atoms with Gasteiger partial charge >= 0.3 is 0 Å². The summed E-state index contributed by atoms with van der Waals surface area (Å²) in [5, 5.41) is 0. The molecule has 2 aliphatic heterocycles. The van der Waals surface area contributed by atoms with Gasteiger partial charge in [-0.25, -0.2) is 8.42 Å². The molecule has 2 aromatic rings. The molecule has 2 aliphatic rings. The van der Waals surface area contributed by atoms with E-state index in [2.05, 4.69) is 4.72 Å². The van der Waals surface area contributed by atoms with Crippen LogP contribution < -0.4 is 14.4 Å². The number of benzene rings is 2. The molecule has 0 unspecified atom stereocenters. The second kappa shape index (κ2) is 10.5. The number of hydrogen-bond acceptors (Lipinski definition) is 5. The minimum atomic E-state index is -3.77. The summed E-state index contributed by atoms with van der Waals surface area (Å²) >= 11 is 0. The summed E-state index contributed by atoms with van der Waals surface area (Å²) in [6.07, 6.45) is 5.31. The Morgan fingerprint density at radius 3 is 2.26 bits per heavy atom. The van der Waals surface area contributed by atoms with Gasteiger partial charge in [-0.15, -0.1) is 0 Å². The zero-order chi connectivity index (χ0) is 24.1. The van der Waals surface area contributed by atoms with E-state index in [1.54, 1.807) is 48.4 Å². The standard InChI is InChI=1S/C25H31N3O5S/c1-33-21-8-6-20(7-9-21)26-34(31,32)22-10-11-23-19(18-22)14-17-28(23)25(30)13-12-24(29)27-15-4-2-3-5-16-27/h6-11,18,26H,2-5,12-17H2,1H3. The van der Waals surface area contributed by atoms with Crippen molar-refractivity contribution in [1.29, 1.82) is 0 Å². The number of likely N-dealkylation sites (tertiary alicyclic amines) is 1. The summed E-state index contributed by atoms with van der Waals surface area (Å²) in [5.41, 5.74) is 1.97. The molecule has 2 aromatic carbocycles. The minimum absolute atomic E-state index is 0.0423. The molecule has 0 spiro atoms. The van der Waals surface area contributed by atoms with Gasteiger partial charge in [0.1, 0.15) is 5.75 Å². The molecule has 1 saturated heterocycles. The number of nitrogens with zero attached hydrogens (tertiary/aromatic N) is 2. The first-order valence-corrected chi connectivity index (χ1v) is 13.2. The molecule has 182 valence electrons. The molecule has 9 heteroatoms. The molecule has 0 aliphatic carbocycles. The molecule has 0 atom stereocenters. The summed E-state index contributed by atoms with van der Waals surface area (Å²) in [4.78, 5) is 29.1. The summed E-state index contributed by atoms with van der Waals surface area (Å²) in [5.74, 6) is 0.577. The van der Waals surface area contributed by atoms with Crippen molar-refractivity contribution in [3.8, 4) is 5.75 Å². The Kier molecular flexibility index (Phi) is 7.41. The van der Waals surface area contributed by atoms with Crippen molar-refractivity contribution >= 4 is 33.2 Å². The lowest BCUT2D eigenvalue weighted by Crippen LogP contribution is -2.34.